The van der Waals surface area contributed by atoms with Crippen LogP contribution in [0.1, 0.15) is 60.0 Å². The molecule has 0 bridgehead atoms. The van der Waals surface area contributed by atoms with Crippen molar-refractivity contribution in [2.24, 2.45) is 5.92 Å². The van der Waals surface area contributed by atoms with Crippen molar-refractivity contribution >= 4 is 5.91 Å². The molecule has 1 amide bonds. The van der Waals surface area contributed by atoms with Gasteiger partial charge in [0.2, 0.25) is 0 Å². The van der Waals surface area contributed by atoms with E-state index in [-0.39, 0.29) is 5.91 Å². The van der Waals surface area contributed by atoms with Crippen LogP contribution in [0, 0.1) is 5.92 Å². The highest BCUT2D eigenvalue weighted by atomic mass is 16.2. The predicted octanol–water partition coefficient (Wildman–Crippen LogP) is 3.01. The quantitative estimate of drug-likeness (QED) is 0.872. The fourth-order valence-electron chi connectivity index (χ4n) is 3.80. The lowest BCUT2D eigenvalue weighted by Crippen LogP contribution is -2.38. The molecule has 0 radical (unpaired) electrons. The molecule has 24 heavy (non-hydrogen) atoms. The average molecular weight is 324 g/mol. The Morgan fingerprint density at radius 1 is 1.25 bits per heavy atom. The first-order chi connectivity index (χ1) is 11.7. The first-order valence-electron chi connectivity index (χ1n) is 8.97. The van der Waals surface area contributed by atoms with Gasteiger partial charge in [-0.15, -0.1) is 5.10 Å². The summed E-state index contributed by atoms with van der Waals surface area (Å²) < 4.78 is 2.08. The van der Waals surface area contributed by atoms with Crippen LogP contribution in [0.2, 0.25) is 0 Å². The van der Waals surface area contributed by atoms with E-state index in [1.807, 2.05) is 29.2 Å². The Morgan fingerprint density at radius 2 is 2.00 bits per heavy atom. The molecule has 0 spiro atoms. The summed E-state index contributed by atoms with van der Waals surface area (Å²) in [5.41, 5.74) is 4.23. The van der Waals surface area contributed by atoms with Crippen LogP contribution in [0.15, 0.2) is 24.3 Å². The number of amides is 1. The Balaban J connectivity index is 1.52. The van der Waals surface area contributed by atoms with Crippen LogP contribution in [-0.2, 0) is 19.4 Å². The van der Waals surface area contributed by atoms with Gasteiger partial charge in [-0.05, 0) is 42.9 Å². The summed E-state index contributed by atoms with van der Waals surface area (Å²) in [6, 6.07) is 8.45. The third kappa shape index (κ3) is 2.62. The minimum absolute atomic E-state index is 0.109. The topological polar surface area (TPSA) is 51.0 Å². The van der Waals surface area contributed by atoms with E-state index < -0.39 is 0 Å². The zero-order chi connectivity index (χ0) is 16.7. The normalized spacial score (nSPS) is 22.8. The maximum Gasteiger partial charge on any atom is 0.254 e. The second-order valence-electron chi connectivity index (χ2n) is 7.18. The Kier molecular flexibility index (Phi) is 3.87. The van der Waals surface area contributed by atoms with Gasteiger partial charge in [-0.3, -0.25) is 4.79 Å². The monoisotopic (exact) mass is 324 g/mol. The van der Waals surface area contributed by atoms with Gasteiger partial charge in [0.25, 0.3) is 5.91 Å². The molecule has 126 valence electrons. The lowest BCUT2D eigenvalue weighted by atomic mass is 9.82. The van der Waals surface area contributed by atoms with E-state index >= 15 is 0 Å². The molecule has 5 heteroatoms. The van der Waals surface area contributed by atoms with E-state index in [0.29, 0.717) is 12.6 Å². The summed E-state index contributed by atoms with van der Waals surface area (Å²) in [6.07, 6.45) is 4.13. The fourth-order valence-corrected chi connectivity index (χ4v) is 3.80. The molecule has 1 fully saturated rings. The molecule has 1 aromatic heterocycles. The van der Waals surface area contributed by atoms with E-state index in [1.54, 1.807) is 0 Å². The van der Waals surface area contributed by atoms with Gasteiger partial charge in [-0.25, -0.2) is 4.68 Å². The van der Waals surface area contributed by atoms with Gasteiger partial charge in [-0.2, -0.15) is 0 Å². The van der Waals surface area contributed by atoms with Gasteiger partial charge in [0.1, 0.15) is 0 Å². The summed E-state index contributed by atoms with van der Waals surface area (Å²) in [7, 11) is 0. The van der Waals surface area contributed by atoms with Crippen LogP contribution in [0.25, 0.3) is 0 Å². The minimum Gasteiger partial charge on any atom is -0.332 e. The molecule has 1 aromatic carbocycles. The first-order valence-corrected chi connectivity index (χ1v) is 8.97. The molecule has 0 N–H and O–H groups in total. The molecule has 4 rings (SSSR count). The number of hydrogen-bond donors (Lipinski definition) is 0. The van der Waals surface area contributed by atoms with Gasteiger partial charge in [0.05, 0.1) is 24.0 Å². The zero-order valence-corrected chi connectivity index (χ0v) is 14.4. The van der Waals surface area contributed by atoms with E-state index in [0.717, 1.165) is 42.3 Å². The number of benzene rings is 1. The molecule has 0 unspecified atom stereocenters. The molecule has 2 aromatic rings. The van der Waals surface area contributed by atoms with Crippen molar-refractivity contribution in [3.8, 4) is 0 Å². The Morgan fingerprint density at radius 3 is 2.67 bits per heavy atom. The van der Waals surface area contributed by atoms with Gasteiger partial charge in [-0.1, -0.05) is 31.2 Å². The number of hydrogen-bond acceptors (Lipinski definition) is 3. The van der Waals surface area contributed by atoms with Gasteiger partial charge in [0.15, 0.2) is 0 Å². The molecule has 5 nitrogen and oxygen atoms in total. The highest BCUT2D eigenvalue weighted by molar-refractivity contribution is 5.94. The molecule has 0 atom stereocenters. The number of fused-ring (bicyclic) bond motifs is 1. The van der Waals surface area contributed by atoms with Crippen LogP contribution in [0.4, 0.5) is 0 Å². The summed E-state index contributed by atoms with van der Waals surface area (Å²) in [4.78, 5) is 14.8. The van der Waals surface area contributed by atoms with Crippen LogP contribution in [0.5, 0.6) is 0 Å². The molecule has 1 aliphatic carbocycles. The number of carbonyl (C=O) groups excluding carboxylic acids is 1. The third-order valence-electron chi connectivity index (χ3n) is 5.42. The lowest BCUT2D eigenvalue weighted by molar-refractivity contribution is 0.0723. The van der Waals surface area contributed by atoms with Gasteiger partial charge < -0.3 is 4.90 Å². The second kappa shape index (κ2) is 6.04. The summed E-state index contributed by atoms with van der Waals surface area (Å²) in [5.74, 6) is 0.881. The summed E-state index contributed by atoms with van der Waals surface area (Å²) in [5, 5.41) is 8.72. The Bertz CT molecular complexity index is 743. The van der Waals surface area contributed by atoms with E-state index in [1.165, 1.54) is 18.4 Å². The van der Waals surface area contributed by atoms with E-state index in [9.17, 15) is 4.79 Å². The Labute approximate surface area is 142 Å². The van der Waals surface area contributed by atoms with Crippen molar-refractivity contribution in [2.75, 3.05) is 6.54 Å². The molecule has 1 saturated carbocycles. The second-order valence-corrected chi connectivity index (χ2v) is 7.18. The van der Waals surface area contributed by atoms with Crippen molar-refractivity contribution in [1.29, 1.82) is 0 Å². The summed E-state index contributed by atoms with van der Waals surface area (Å²) >= 11 is 0. The van der Waals surface area contributed by atoms with Crippen LogP contribution < -0.4 is 0 Å². The standard InChI is InChI=1S/C19H24N4O/c1-3-14-4-6-15(7-5-14)19(24)22-9-8-17-18(12-22)23(21-20-17)16-10-13(2)11-16/h4-7,13,16H,3,8-12H2,1-2H3. The maximum atomic E-state index is 12.8. The first kappa shape index (κ1) is 15.4. The zero-order valence-electron chi connectivity index (χ0n) is 14.4. The highest BCUT2D eigenvalue weighted by Gasteiger charge is 2.33. The van der Waals surface area contributed by atoms with Crippen molar-refractivity contribution in [1.82, 2.24) is 19.9 Å². The molecule has 2 aliphatic rings. The molecular formula is C19H24N4O. The highest BCUT2D eigenvalue weighted by Crippen LogP contribution is 2.38. The molecule has 0 saturated heterocycles. The number of carbonyl (C=O) groups is 1. The number of nitrogens with zero attached hydrogens (tertiary/aromatic N) is 4. The van der Waals surface area contributed by atoms with E-state index in [4.69, 9.17) is 0 Å². The van der Waals surface area contributed by atoms with Gasteiger partial charge in [0, 0.05) is 18.5 Å². The molecule has 2 heterocycles. The average Bonchev–Trinajstić information content (AvgIpc) is 3.01. The van der Waals surface area contributed by atoms with Gasteiger partial charge >= 0.3 is 0 Å². The largest absolute Gasteiger partial charge is 0.332 e. The number of rotatable bonds is 3. The minimum atomic E-state index is 0.109. The van der Waals surface area contributed by atoms with Crippen molar-refractivity contribution in [3.05, 3.63) is 46.8 Å². The van der Waals surface area contributed by atoms with Crippen LogP contribution in [0.3, 0.4) is 0 Å². The predicted molar refractivity (Wildman–Crippen MR) is 91.7 cm³/mol. The number of aryl methyl sites for hydroxylation is 1. The lowest BCUT2D eigenvalue weighted by Gasteiger charge is -2.35. The van der Waals surface area contributed by atoms with Crippen LogP contribution >= 0.6 is 0 Å². The summed E-state index contributed by atoms with van der Waals surface area (Å²) in [6.45, 7) is 5.75. The van der Waals surface area contributed by atoms with Crippen LogP contribution in [-0.4, -0.2) is 32.3 Å². The SMILES string of the molecule is CCc1ccc(C(=O)N2CCc3nnn(C4CC(C)C4)c3C2)cc1. The Hall–Kier alpha value is -2.17. The van der Waals surface area contributed by atoms with Crippen molar-refractivity contribution in [3.63, 3.8) is 0 Å². The molecular weight excluding hydrogens is 300 g/mol. The molecule has 1 aliphatic heterocycles. The number of aromatic nitrogens is 3. The fraction of sp³-hybridized carbons (Fsp3) is 0.526. The van der Waals surface area contributed by atoms with Crippen molar-refractivity contribution in [2.45, 2.75) is 52.1 Å². The maximum absolute atomic E-state index is 12.8. The third-order valence-corrected chi connectivity index (χ3v) is 5.42. The van der Waals surface area contributed by atoms with Crippen molar-refractivity contribution < 1.29 is 4.79 Å². The smallest absolute Gasteiger partial charge is 0.254 e. The van der Waals surface area contributed by atoms with E-state index in [2.05, 4.69) is 28.8 Å².